The Kier molecular flexibility index (Phi) is 3.17. The van der Waals surface area contributed by atoms with Crippen LogP contribution in [0.5, 0.6) is 0 Å². The summed E-state index contributed by atoms with van der Waals surface area (Å²) in [5.41, 5.74) is 10.5. The lowest BCUT2D eigenvalue weighted by atomic mass is 10.1. The fourth-order valence-electron chi connectivity index (χ4n) is 3.29. The third-order valence-electron chi connectivity index (χ3n) is 5.03. The molecule has 1 aromatic carbocycles. The second-order valence-electron chi connectivity index (χ2n) is 7.26. The number of benzene rings is 1. The van der Waals surface area contributed by atoms with E-state index >= 15 is 0 Å². The van der Waals surface area contributed by atoms with E-state index in [-0.39, 0.29) is 5.91 Å². The van der Waals surface area contributed by atoms with E-state index in [1.165, 1.54) is 5.56 Å². The van der Waals surface area contributed by atoms with Gasteiger partial charge in [0, 0.05) is 18.6 Å². The molecule has 1 fully saturated rings. The number of hydrogen-bond acceptors (Lipinski definition) is 5. The van der Waals surface area contributed by atoms with Crippen molar-refractivity contribution in [2.45, 2.75) is 25.4 Å². The predicted octanol–water partition coefficient (Wildman–Crippen LogP) is 2.00. The van der Waals surface area contributed by atoms with Crippen LogP contribution in [0.2, 0.25) is 0 Å². The lowest BCUT2D eigenvalue weighted by Crippen LogP contribution is -2.43. The Hall–Kier alpha value is -3.26. The van der Waals surface area contributed by atoms with Gasteiger partial charge in [-0.2, -0.15) is 5.10 Å². The third-order valence-corrected chi connectivity index (χ3v) is 5.03. The number of fused-ring (bicyclic) bond motifs is 2. The minimum absolute atomic E-state index is 0.241. The molecule has 1 aliphatic rings. The van der Waals surface area contributed by atoms with Crippen LogP contribution in [0.1, 0.15) is 28.8 Å². The summed E-state index contributed by atoms with van der Waals surface area (Å²) in [5.74, 6) is -0.241. The Bertz CT molecular complexity index is 1220. The molecule has 1 aliphatic carbocycles. The number of H-pyrrole nitrogens is 1. The van der Waals surface area contributed by atoms with Gasteiger partial charge in [-0.05, 0) is 31.4 Å². The summed E-state index contributed by atoms with van der Waals surface area (Å²) in [6, 6.07) is 6.17. The molecule has 0 radical (unpaired) electrons. The van der Waals surface area contributed by atoms with Crippen LogP contribution in [0.3, 0.4) is 0 Å². The van der Waals surface area contributed by atoms with Crippen molar-refractivity contribution in [1.29, 1.82) is 0 Å². The molecule has 8 nitrogen and oxygen atoms in total. The van der Waals surface area contributed by atoms with E-state index in [4.69, 9.17) is 10.7 Å². The number of aromatic nitrogens is 5. The van der Waals surface area contributed by atoms with Crippen LogP contribution in [0.25, 0.3) is 33.5 Å². The molecule has 4 aromatic rings. The van der Waals surface area contributed by atoms with Crippen LogP contribution in [0, 0.1) is 6.92 Å². The molecule has 4 N–H and O–H groups in total. The molecule has 0 aliphatic heterocycles. The zero-order chi connectivity index (χ0) is 18.8. The summed E-state index contributed by atoms with van der Waals surface area (Å²) >= 11 is 0. The van der Waals surface area contributed by atoms with Crippen molar-refractivity contribution < 1.29 is 4.79 Å². The van der Waals surface area contributed by atoms with Gasteiger partial charge in [0.05, 0.1) is 22.9 Å². The summed E-state index contributed by atoms with van der Waals surface area (Å²) in [6.45, 7) is 2.05. The number of aryl methyl sites for hydroxylation is 2. The van der Waals surface area contributed by atoms with E-state index in [1.807, 2.05) is 30.8 Å². The van der Waals surface area contributed by atoms with Gasteiger partial charge in [-0.15, -0.1) is 0 Å². The maximum Gasteiger partial charge on any atom is 0.256 e. The summed E-state index contributed by atoms with van der Waals surface area (Å²) in [7, 11) is 1.91. The number of carbonyl (C=O) groups is 1. The van der Waals surface area contributed by atoms with E-state index in [2.05, 4.69) is 26.4 Å². The molecule has 0 atom stereocenters. The molecule has 3 heterocycles. The lowest BCUT2D eigenvalue weighted by molar-refractivity contribution is 0.0934. The van der Waals surface area contributed by atoms with Crippen molar-refractivity contribution in [3.05, 3.63) is 41.7 Å². The number of rotatable bonds is 3. The summed E-state index contributed by atoms with van der Waals surface area (Å²) < 4.78 is 1.83. The fraction of sp³-hybridized carbons (Fsp3) is 0.263. The van der Waals surface area contributed by atoms with Crippen molar-refractivity contribution in [2.24, 2.45) is 12.8 Å². The molecular formula is C19H19N7O. The molecular weight excluding hydrogens is 342 g/mol. The number of nitrogens with two attached hydrogens (primary N) is 1. The topological polar surface area (TPSA) is 115 Å². The summed E-state index contributed by atoms with van der Waals surface area (Å²) in [5, 5.41) is 8.47. The molecule has 27 heavy (non-hydrogen) atoms. The standard InChI is InChI=1S/C19H19N7O/c1-10-3-4-11-14(7-10)26(2)25-15(11)13-9-22-17-16(23-13)12(8-21-17)18(27)24-19(20)5-6-19/h3-4,7-9H,5-6,20H2,1-2H3,(H,21,22)(H,24,27). The van der Waals surface area contributed by atoms with Gasteiger partial charge in [-0.25, -0.2) is 9.97 Å². The molecule has 0 unspecified atom stereocenters. The van der Waals surface area contributed by atoms with Crippen LogP contribution in [-0.2, 0) is 7.05 Å². The molecule has 0 bridgehead atoms. The van der Waals surface area contributed by atoms with E-state index in [9.17, 15) is 4.79 Å². The lowest BCUT2D eigenvalue weighted by Gasteiger charge is -2.10. The Balaban J connectivity index is 1.63. The highest BCUT2D eigenvalue weighted by atomic mass is 16.2. The van der Waals surface area contributed by atoms with Gasteiger partial charge in [0.1, 0.15) is 16.9 Å². The first-order valence-electron chi connectivity index (χ1n) is 8.83. The normalized spacial score (nSPS) is 15.4. The molecule has 1 saturated carbocycles. The van der Waals surface area contributed by atoms with Gasteiger partial charge >= 0.3 is 0 Å². The van der Waals surface area contributed by atoms with E-state index < -0.39 is 5.66 Å². The highest BCUT2D eigenvalue weighted by molar-refractivity contribution is 6.05. The van der Waals surface area contributed by atoms with Gasteiger partial charge in [0.15, 0.2) is 5.65 Å². The maximum atomic E-state index is 12.6. The number of carbonyl (C=O) groups excluding carboxylic acids is 1. The second kappa shape index (κ2) is 5.37. The molecule has 0 saturated heterocycles. The van der Waals surface area contributed by atoms with Gasteiger partial charge in [0.2, 0.25) is 0 Å². The van der Waals surface area contributed by atoms with Crippen LogP contribution in [0.15, 0.2) is 30.6 Å². The van der Waals surface area contributed by atoms with Crippen molar-refractivity contribution in [1.82, 2.24) is 30.0 Å². The average molecular weight is 361 g/mol. The minimum atomic E-state index is -0.583. The van der Waals surface area contributed by atoms with Crippen molar-refractivity contribution in [3.8, 4) is 11.4 Å². The first-order valence-corrected chi connectivity index (χ1v) is 8.83. The number of aromatic amines is 1. The van der Waals surface area contributed by atoms with Gasteiger partial charge < -0.3 is 16.0 Å². The minimum Gasteiger partial charge on any atom is -0.344 e. The quantitative estimate of drug-likeness (QED) is 0.483. The van der Waals surface area contributed by atoms with Crippen LogP contribution in [-0.4, -0.2) is 36.3 Å². The van der Waals surface area contributed by atoms with Crippen LogP contribution in [0.4, 0.5) is 0 Å². The maximum absolute atomic E-state index is 12.6. The predicted molar refractivity (Wildman–Crippen MR) is 102 cm³/mol. The number of nitrogens with zero attached hydrogens (tertiary/aromatic N) is 4. The third kappa shape index (κ3) is 2.57. The fourth-order valence-corrected chi connectivity index (χ4v) is 3.29. The molecule has 5 rings (SSSR count). The Labute approximate surface area is 154 Å². The number of amides is 1. The highest BCUT2D eigenvalue weighted by Gasteiger charge is 2.40. The molecule has 136 valence electrons. The monoisotopic (exact) mass is 361 g/mol. The van der Waals surface area contributed by atoms with Crippen molar-refractivity contribution in [2.75, 3.05) is 0 Å². The zero-order valence-corrected chi connectivity index (χ0v) is 15.1. The summed E-state index contributed by atoms with van der Waals surface area (Å²) in [4.78, 5) is 24.7. The van der Waals surface area contributed by atoms with Gasteiger partial charge in [0.25, 0.3) is 5.91 Å². The van der Waals surface area contributed by atoms with Crippen molar-refractivity contribution >= 4 is 28.0 Å². The Morgan fingerprint density at radius 2 is 2.19 bits per heavy atom. The van der Waals surface area contributed by atoms with Gasteiger partial charge in [-0.1, -0.05) is 12.1 Å². The Morgan fingerprint density at radius 1 is 1.37 bits per heavy atom. The van der Waals surface area contributed by atoms with Gasteiger partial charge in [-0.3, -0.25) is 9.48 Å². The van der Waals surface area contributed by atoms with Crippen LogP contribution < -0.4 is 11.1 Å². The number of hydrogen-bond donors (Lipinski definition) is 3. The second-order valence-corrected chi connectivity index (χ2v) is 7.26. The molecule has 0 spiro atoms. The highest BCUT2D eigenvalue weighted by Crippen LogP contribution is 2.30. The van der Waals surface area contributed by atoms with E-state index in [0.717, 1.165) is 29.4 Å². The van der Waals surface area contributed by atoms with Crippen LogP contribution >= 0.6 is 0 Å². The molecule has 8 heteroatoms. The van der Waals surface area contributed by atoms with Crippen molar-refractivity contribution in [3.63, 3.8) is 0 Å². The first kappa shape index (κ1) is 16.0. The largest absolute Gasteiger partial charge is 0.344 e. The molecule has 1 amide bonds. The van der Waals surface area contributed by atoms with E-state index in [0.29, 0.717) is 22.4 Å². The smallest absolute Gasteiger partial charge is 0.256 e. The van der Waals surface area contributed by atoms with E-state index in [1.54, 1.807) is 12.4 Å². The zero-order valence-electron chi connectivity index (χ0n) is 15.1. The molecule has 3 aromatic heterocycles. The first-order chi connectivity index (χ1) is 12.9. The number of nitrogens with one attached hydrogen (secondary N) is 2. The SMILES string of the molecule is Cc1ccc2c(-c3cnc4[nH]cc(C(=O)NC5(N)CC5)c4n3)nn(C)c2c1. The Morgan fingerprint density at radius 3 is 2.96 bits per heavy atom. The average Bonchev–Trinajstić information content (AvgIpc) is 3.09. The summed E-state index contributed by atoms with van der Waals surface area (Å²) in [6.07, 6.45) is 4.87.